The third-order valence-electron chi connectivity index (χ3n) is 5.82. The van der Waals surface area contributed by atoms with Crippen molar-refractivity contribution in [1.29, 1.82) is 0 Å². The van der Waals surface area contributed by atoms with E-state index in [0.29, 0.717) is 48.0 Å². The van der Waals surface area contributed by atoms with Gasteiger partial charge < -0.3 is 18.8 Å². The fourth-order valence-corrected chi connectivity index (χ4v) is 5.07. The standard InChI is InChI=1S/C23H26Cl2F2N4O5S/c24-16-1-6-20(21(25)11-16)23(14-31-10-9-28-15-31)35-13-19(36-23)12-34-18-4-2-17(3-5-18)29-7-8-30-37(32,33)22(26)27/h1,4,6,9-11,15,19,22,30H,2-3,5,7-8,12-14H2. The molecule has 0 spiro atoms. The number of sulfonamides is 1. The Morgan fingerprint density at radius 2 is 2.16 bits per heavy atom. The fourth-order valence-electron chi connectivity index (χ4n) is 4.02. The van der Waals surface area contributed by atoms with E-state index in [1.165, 1.54) is 0 Å². The molecule has 1 fully saturated rings. The smallest absolute Gasteiger partial charge is 0.350 e. The molecular formula is C23H26Cl2F2N4O5S. The summed E-state index contributed by atoms with van der Waals surface area (Å²) in [6.07, 6.45) is 8.46. The van der Waals surface area contributed by atoms with Crippen LogP contribution in [-0.4, -0.2) is 61.8 Å². The average Bonchev–Trinajstić information content (AvgIpc) is 3.52. The van der Waals surface area contributed by atoms with E-state index in [9.17, 15) is 17.2 Å². The van der Waals surface area contributed by atoms with Gasteiger partial charge in [-0.1, -0.05) is 29.3 Å². The molecule has 0 amide bonds. The molecule has 4 rings (SSSR count). The normalized spacial score (nSPS) is 23.5. The van der Waals surface area contributed by atoms with E-state index in [0.717, 1.165) is 11.5 Å². The van der Waals surface area contributed by atoms with Crippen LogP contribution in [0.15, 0.2) is 53.7 Å². The molecule has 1 aromatic carbocycles. The van der Waals surface area contributed by atoms with Gasteiger partial charge in [-0.25, -0.2) is 18.1 Å². The van der Waals surface area contributed by atoms with Crippen molar-refractivity contribution >= 4 is 38.9 Å². The highest BCUT2D eigenvalue weighted by molar-refractivity contribution is 7.89. The first-order chi connectivity index (χ1) is 17.7. The van der Waals surface area contributed by atoms with Crippen molar-refractivity contribution in [3.05, 3.63) is 64.4 Å². The van der Waals surface area contributed by atoms with Gasteiger partial charge in [0.15, 0.2) is 0 Å². The zero-order chi connectivity index (χ0) is 26.5. The van der Waals surface area contributed by atoms with Crippen LogP contribution < -0.4 is 4.72 Å². The maximum absolute atomic E-state index is 12.3. The average molecular weight is 579 g/mol. The summed E-state index contributed by atoms with van der Waals surface area (Å²) < 4.78 is 69.0. The lowest BCUT2D eigenvalue weighted by atomic mass is 10.0. The lowest BCUT2D eigenvalue weighted by Crippen LogP contribution is -2.34. The Hall–Kier alpha value is -2.09. The number of nitrogens with zero attached hydrogens (tertiary/aromatic N) is 3. The van der Waals surface area contributed by atoms with Crippen LogP contribution in [0.1, 0.15) is 24.8 Å². The van der Waals surface area contributed by atoms with E-state index < -0.39 is 21.6 Å². The van der Waals surface area contributed by atoms with Crippen LogP contribution in [0.5, 0.6) is 0 Å². The molecule has 0 radical (unpaired) electrons. The number of aliphatic imine (C=N–C) groups is 1. The van der Waals surface area contributed by atoms with Crippen LogP contribution in [0.25, 0.3) is 0 Å². The van der Waals surface area contributed by atoms with Crippen LogP contribution in [-0.2, 0) is 36.6 Å². The summed E-state index contributed by atoms with van der Waals surface area (Å²) in [5, 5.41) is 0.934. The van der Waals surface area contributed by atoms with Crippen molar-refractivity contribution in [3.8, 4) is 0 Å². The van der Waals surface area contributed by atoms with Gasteiger partial charge in [-0.3, -0.25) is 4.99 Å². The van der Waals surface area contributed by atoms with Gasteiger partial charge in [0.1, 0.15) is 12.7 Å². The molecule has 0 bridgehead atoms. The number of hydrogen-bond donors (Lipinski definition) is 1. The van der Waals surface area contributed by atoms with Gasteiger partial charge >= 0.3 is 5.76 Å². The van der Waals surface area contributed by atoms with Crippen LogP contribution in [0, 0.1) is 0 Å². The van der Waals surface area contributed by atoms with Crippen LogP contribution in [0.3, 0.4) is 0 Å². The minimum absolute atomic E-state index is 0.0881. The summed E-state index contributed by atoms with van der Waals surface area (Å²) in [7, 11) is -4.60. The summed E-state index contributed by atoms with van der Waals surface area (Å²) in [4.78, 5) is 8.38. The Balaban J connectivity index is 1.31. The Morgan fingerprint density at radius 1 is 1.32 bits per heavy atom. The summed E-state index contributed by atoms with van der Waals surface area (Å²) in [5.74, 6) is -3.80. The Labute approximate surface area is 223 Å². The van der Waals surface area contributed by atoms with Gasteiger partial charge in [-0.15, -0.1) is 0 Å². The molecule has 2 atom stereocenters. The molecule has 14 heteroatoms. The van der Waals surface area contributed by atoms with Crippen molar-refractivity contribution in [1.82, 2.24) is 14.3 Å². The monoisotopic (exact) mass is 578 g/mol. The number of aromatic nitrogens is 2. The number of rotatable bonds is 11. The number of nitrogens with one attached hydrogen (secondary N) is 1. The van der Waals surface area contributed by atoms with Gasteiger partial charge in [0.05, 0.1) is 36.8 Å². The third kappa shape index (κ3) is 7.27. The van der Waals surface area contributed by atoms with E-state index in [1.54, 1.807) is 30.7 Å². The van der Waals surface area contributed by atoms with Crippen molar-refractivity contribution in [2.75, 3.05) is 26.3 Å². The topological polar surface area (TPSA) is 104 Å². The van der Waals surface area contributed by atoms with Gasteiger partial charge in [0, 0.05) is 48.1 Å². The summed E-state index contributed by atoms with van der Waals surface area (Å²) in [5.41, 5.74) is 1.50. The zero-order valence-electron chi connectivity index (χ0n) is 19.7. The van der Waals surface area contributed by atoms with E-state index in [2.05, 4.69) is 9.98 Å². The molecule has 202 valence electrons. The molecule has 2 aromatic rings. The highest BCUT2D eigenvalue weighted by Crippen LogP contribution is 2.40. The summed E-state index contributed by atoms with van der Waals surface area (Å²) in [6, 6.07) is 5.16. The summed E-state index contributed by atoms with van der Waals surface area (Å²) in [6.45, 7) is 0.805. The molecule has 1 aliphatic carbocycles. The maximum atomic E-state index is 12.3. The lowest BCUT2D eigenvalue weighted by molar-refractivity contribution is -0.190. The molecule has 37 heavy (non-hydrogen) atoms. The number of alkyl halides is 2. The van der Waals surface area contributed by atoms with Crippen molar-refractivity contribution in [2.24, 2.45) is 4.99 Å². The van der Waals surface area contributed by atoms with Crippen molar-refractivity contribution in [3.63, 3.8) is 0 Å². The number of hydrogen-bond acceptors (Lipinski definition) is 7. The Kier molecular flexibility index (Phi) is 9.20. The molecule has 2 aliphatic rings. The lowest BCUT2D eigenvalue weighted by Gasteiger charge is -2.30. The third-order valence-corrected chi connectivity index (χ3v) is 7.44. The van der Waals surface area contributed by atoms with Crippen molar-refractivity contribution < 1.29 is 31.4 Å². The van der Waals surface area contributed by atoms with Crippen molar-refractivity contribution in [2.45, 2.75) is 43.5 Å². The fraction of sp³-hybridized carbons (Fsp3) is 0.478. The minimum atomic E-state index is -4.60. The van der Waals surface area contributed by atoms with Crippen LogP contribution in [0.4, 0.5) is 8.78 Å². The summed E-state index contributed by atoms with van der Waals surface area (Å²) >= 11 is 12.6. The van der Waals surface area contributed by atoms with Crippen LogP contribution in [0.2, 0.25) is 10.0 Å². The quantitative estimate of drug-likeness (QED) is 0.402. The molecular weight excluding hydrogens is 553 g/mol. The van der Waals surface area contributed by atoms with Gasteiger partial charge in [0.2, 0.25) is 5.79 Å². The SMILES string of the molecule is O=S(=O)(NCCN=C1CC=C(OCC2COC(Cn3ccnc3)(c3ccc(Cl)cc3Cl)O2)CC1)C(F)F. The predicted octanol–water partition coefficient (Wildman–Crippen LogP) is 4.13. The molecule has 2 unspecified atom stereocenters. The highest BCUT2D eigenvalue weighted by atomic mass is 35.5. The van der Waals surface area contributed by atoms with E-state index in [-0.39, 0.29) is 25.8 Å². The van der Waals surface area contributed by atoms with E-state index in [1.807, 2.05) is 21.6 Å². The first-order valence-corrected chi connectivity index (χ1v) is 13.8. The zero-order valence-corrected chi connectivity index (χ0v) is 22.0. The molecule has 1 aliphatic heterocycles. The molecule has 1 aromatic heterocycles. The number of ether oxygens (including phenoxy) is 3. The number of imidazole rings is 1. The van der Waals surface area contributed by atoms with Gasteiger partial charge in [-0.05, 0) is 24.6 Å². The number of allylic oxidation sites excluding steroid dienone is 2. The second kappa shape index (κ2) is 12.2. The first-order valence-electron chi connectivity index (χ1n) is 11.5. The largest absolute Gasteiger partial charge is 0.495 e. The molecule has 0 saturated carbocycles. The first kappa shape index (κ1) is 27.9. The highest BCUT2D eigenvalue weighted by Gasteiger charge is 2.45. The number of benzene rings is 1. The Morgan fingerprint density at radius 3 is 2.84 bits per heavy atom. The second-order valence-corrected chi connectivity index (χ2v) is 11.1. The molecule has 2 heterocycles. The number of halogens is 4. The maximum Gasteiger partial charge on any atom is 0.350 e. The van der Waals surface area contributed by atoms with E-state index in [4.69, 9.17) is 37.4 Å². The van der Waals surface area contributed by atoms with Gasteiger partial charge in [0.25, 0.3) is 10.0 Å². The second-order valence-electron chi connectivity index (χ2n) is 8.50. The molecule has 1 saturated heterocycles. The molecule has 9 nitrogen and oxygen atoms in total. The Bertz CT molecular complexity index is 1240. The van der Waals surface area contributed by atoms with Gasteiger partial charge in [-0.2, -0.15) is 8.78 Å². The predicted molar refractivity (Wildman–Crippen MR) is 134 cm³/mol. The van der Waals surface area contributed by atoms with E-state index >= 15 is 0 Å². The van der Waals surface area contributed by atoms with Crippen LogP contribution >= 0.6 is 23.2 Å². The molecule has 1 N–H and O–H groups in total. The minimum Gasteiger partial charge on any atom is -0.495 e.